The summed E-state index contributed by atoms with van der Waals surface area (Å²) in [5.74, 6) is 1.04. The monoisotopic (exact) mass is 120 g/mol. The van der Waals surface area contributed by atoms with Crippen LogP contribution in [0.15, 0.2) is 12.3 Å². The highest BCUT2D eigenvalue weighted by Crippen LogP contribution is 1.93. The molecule has 0 rings (SSSR count). The van der Waals surface area contributed by atoms with Gasteiger partial charge < -0.3 is 4.74 Å². The van der Waals surface area contributed by atoms with Gasteiger partial charge in [0.15, 0.2) is 0 Å². The van der Waals surface area contributed by atoms with Crippen molar-refractivity contribution in [3.05, 3.63) is 12.3 Å². The van der Waals surface area contributed by atoms with Crippen LogP contribution in [-0.4, -0.2) is 12.5 Å². The number of hydrogen-bond donors (Lipinski definition) is 0. The van der Waals surface area contributed by atoms with Crippen molar-refractivity contribution in [1.29, 1.82) is 0 Å². The Bertz CT molecular complexity index is 61.1. The Balaban J connectivity index is 3.00. The van der Waals surface area contributed by atoms with E-state index in [9.17, 15) is 0 Å². The molecule has 0 atom stereocenters. The van der Waals surface area contributed by atoms with E-state index in [0.717, 1.165) is 0 Å². The lowest BCUT2D eigenvalue weighted by Crippen LogP contribution is -1.89. The first-order chi connectivity index (χ1) is 3.31. The highest BCUT2D eigenvalue weighted by atomic mass is 35.5. The van der Waals surface area contributed by atoms with Crippen LogP contribution in [0.3, 0.4) is 0 Å². The van der Waals surface area contributed by atoms with E-state index in [1.807, 2.05) is 6.92 Å². The van der Waals surface area contributed by atoms with E-state index in [4.69, 9.17) is 16.3 Å². The van der Waals surface area contributed by atoms with Gasteiger partial charge in [0, 0.05) is 0 Å². The van der Waals surface area contributed by atoms with Crippen LogP contribution in [0.2, 0.25) is 0 Å². The number of rotatable bonds is 3. The first-order valence-electron chi connectivity index (χ1n) is 2.17. The van der Waals surface area contributed by atoms with Crippen molar-refractivity contribution < 1.29 is 4.74 Å². The van der Waals surface area contributed by atoms with Gasteiger partial charge in [0.25, 0.3) is 0 Å². The van der Waals surface area contributed by atoms with Crippen LogP contribution in [0.4, 0.5) is 0 Å². The lowest BCUT2D eigenvalue weighted by Gasteiger charge is -1.99. The van der Waals surface area contributed by atoms with Crippen LogP contribution < -0.4 is 0 Å². The van der Waals surface area contributed by atoms with Gasteiger partial charge in [-0.25, -0.2) is 0 Å². The predicted molar refractivity (Wildman–Crippen MR) is 31.5 cm³/mol. The molecule has 0 amide bonds. The third-order valence-electron chi connectivity index (χ3n) is 0.498. The summed E-state index contributed by atoms with van der Waals surface area (Å²) in [6.07, 6.45) is 0. The van der Waals surface area contributed by atoms with Crippen molar-refractivity contribution in [1.82, 2.24) is 0 Å². The molecule has 0 unspecified atom stereocenters. The number of alkyl halides is 1. The highest BCUT2D eigenvalue weighted by molar-refractivity contribution is 6.19. The molecule has 0 radical (unpaired) electrons. The van der Waals surface area contributed by atoms with E-state index >= 15 is 0 Å². The molecule has 0 aliphatic carbocycles. The fourth-order valence-corrected chi connectivity index (χ4v) is 0.320. The largest absolute Gasteiger partial charge is 0.498 e. The lowest BCUT2D eigenvalue weighted by molar-refractivity contribution is 0.234. The molecule has 0 spiro atoms. The van der Waals surface area contributed by atoms with Crippen LogP contribution in [0, 0.1) is 0 Å². The molecule has 0 bridgehead atoms. The maximum atomic E-state index is 5.31. The lowest BCUT2D eigenvalue weighted by atomic mass is 10.6. The van der Waals surface area contributed by atoms with E-state index in [-0.39, 0.29) is 0 Å². The molecule has 0 aromatic heterocycles. The molecule has 0 aliphatic rings. The van der Waals surface area contributed by atoms with Crippen LogP contribution in [0.5, 0.6) is 0 Å². The zero-order valence-corrected chi connectivity index (χ0v) is 5.16. The molecule has 0 heterocycles. The summed E-state index contributed by atoms with van der Waals surface area (Å²) in [6.45, 7) is 6.07. The van der Waals surface area contributed by atoms with Gasteiger partial charge in [0.05, 0.1) is 12.5 Å². The number of halogens is 1. The Kier molecular flexibility index (Phi) is 3.90. The standard InChI is InChI=1S/C5H9ClO/c1-3-7-5(2)4-6/h2-4H2,1H3. The molecule has 2 heteroatoms. The van der Waals surface area contributed by atoms with E-state index in [1.54, 1.807) is 0 Å². The molecule has 0 fully saturated rings. The minimum absolute atomic E-state index is 0.397. The number of allylic oxidation sites excluding steroid dienone is 1. The Morgan fingerprint density at radius 2 is 2.43 bits per heavy atom. The summed E-state index contributed by atoms with van der Waals surface area (Å²) in [6, 6.07) is 0. The molecule has 0 aliphatic heterocycles. The second-order valence-electron chi connectivity index (χ2n) is 1.11. The highest BCUT2D eigenvalue weighted by Gasteiger charge is 1.84. The van der Waals surface area contributed by atoms with Gasteiger partial charge in [-0.3, -0.25) is 0 Å². The van der Waals surface area contributed by atoms with E-state index in [0.29, 0.717) is 18.2 Å². The average molecular weight is 121 g/mol. The molecule has 0 aromatic rings. The molecule has 7 heavy (non-hydrogen) atoms. The molecule has 0 aromatic carbocycles. The number of ether oxygens (including phenoxy) is 1. The Morgan fingerprint density at radius 1 is 1.86 bits per heavy atom. The molecule has 1 nitrogen and oxygen atoms in total. The van der Waals surface area contributed by atoms with Crippen molar-refractivity contribution >= 4 is 11.6 Å². The molecule has 0 saturated heterocycles. The molecular formula is C5H9ClO. The van der Waals surface area contributed by atoms with Gasteiger partial charge in [0.2, 0.25) is 0 Å². The summed E-state index contributed by atoms with van der Waals surface area (Å²) in [7, 11) is 0. The maximum Gasteiger partial charge on any atom is 0.104 e. The SMILES string of the molecule is C=C(CCl)OCC. The van der Waals surface area contributed by atoms with Crippen LogP contribution >= 0.6 is 11.6 Å². The van der Waals surface area contributed by atoms with Crippen molar-refractivity contribution in [2.75, 3.05) is 12.5 Å². The van der Waals surface area contributed by atoms with Crippen molar-refractivity contribution in [2.24, 2.45) is 0 Å². The van der Waals surface area contributed by atoms with Crippen molar-refractivity contribution in [2.45, 2.75) is 6.92 Å². The van der Waals surface area contributed by atoms with E-state index in [1.165, 1.54) is 0 Å². The van der Waals surface area contributed by atoms with Gasteiger partial charge in [-0.2, -0.15) is 0 Å². The average Bonchev–Trinajstić information content (AvgIpc) is 1.68. The van der Waals surface area contributed by atoms with Crippen LogP contribution in [-0.2, 0) is 4.74 Å². The van der Waals surface area contributed by atoms with Gasteiger partial charge in [-0.05, 0) is 6.92 Å². The molecular weight excluding hydrogens is 112 g/mol. The third-order valence-corrected chi connectivity index (χ3v) is 0.796. The first kappa shape index (κ1) is 6.83. The third kappa shape index (κ3) is 3.67. The summed E-state index contributed by atoms with van der Waals surface area (Å²) in [4.78, 5) is 0. The van der Waals surface area contributed by atoms with Crippen molar-refractivity contribution in [3.63, 3.8) is 0 Å². The summed E-state index contributed by atoms with van der Waals surface area (Å²) in [5.41, 5.74) is 0. The zero-order valence-electron chi connectivity index (χ0n) is 4.41. The molecule has 0 saturated carbocycles. The second kappa shape index (κ2) is 4.00. The Morgan fingerprint density at radius 3 is 2.57 bits per heavy atom. The summed E-state index contributed by atoms with van der Waals surface area (Å²) < 4.78 is 4.86. The fraction of sp³-hybridized carbons (Fsp3) is 0.600. The second-order valence-corrected chi connectivity index (χ2v) is 1.37. The van der Waals surface area contributed by atoms with Crippen LogP contribution in [0.1, 0.15) is 6.92 Å². The Hall–Kier alpha value is -0.170. The Labute approximate surface area is 48.9 Å². The predicted octanol–water partition coefficient (Wildman–Crippen LogP) is 1.78. The van der Waals surface area contributed by atoms with Gasteiger partial charge in [-0.1, -0.05) is 6.58 Å². The quantitative estimate of drug-likeness (QED) is 0.408. The first-order valence-corrected chi connectivity index (χ1v) is 2.71. The van der Waals surface area contributed by atoms with Gasteiger partial charge >= 0.3 is 0 Å². The minimum atomic E-state index is 0.397. The van der Waals surface area contributed by atoms with Crippen LogP contribution in [0.25, 0.3) is 0 Å². The minimum Gasteiger partial charge on any atom is -0.498 e. The van der Waals surface area contributed by atoms with E-state index in [2.05, 4.69) is 6.58 Å². The normalized spacial score (nSPS) is 8.29. The zero-order chi connectivity index (χ0) is 5.70. The van der Waals surface area contributed by atoms with E-state index < -0.39 is 0 Å². The number of hydrogen-bond acceptors (Lipinski definition) is 1. The van der Waals surface area contributed by atoms with Gasteiger partial charge in [0.1, 0.15) is 5.76 Å². The fourth-order valence-electron chi connectivity index (χ4n) is 0.243. The topological polar surface area (TPSA) is 9.23 Å². The van der Waals surface area contributed by atoms with Gasteiger partial charge in [-0.15, -0.1) is 11.6 Å². The smallest absolute Gasteiger partial charge is 0.104 e. The summed E-state index contributed by atoms with van der Waals surface area (Å²) >= 11 is 5.31. The molecule has 42 valence electrons. The van der Waals surface area contributed by atoms with Crippen molar-refractivity contribution in [3.8, 4) is 0 Å². The molecule has 0 N–H and O–H groups in total. The summed E-state index contributed by atoms with van der Waals surface area (Å²) in [5, 5.41) is 0. The maximum absolute atomic E-state index is 5.31.